The van der Waals surface area contributed by atoms with Gasteiger partial charge >= 0.3 is 17.9 Å². The van der Waals surface area contributed by atoms with Gasteiger partial charge in [-0.2, -0.15) is 0 Å². The molecule has 0 N–H and O–H groups in total. The maximum absolute atomic E-state index is 13.1. The van der Waals surface area contributed by atoms with Gasteiger partial charge < -0.3 is 23.8 Å². The number of rotatable bonds is 4. The number of carbonyl (C=O) groups is 4. The summed E-state index contributed by atoms with van der Waals surface area (Å²) in [5.74, 6) is -2.04. The molecule has 11 heteroatoms. The van der Waals surface area contributed by atoms with E-state index in [1.54, 1.807) is 19.2 Å². The zero-order valence-corrected chi connectivity index (χ0v) is 19.7. The molecular formula is C23H25N3O8. The smallest absolute Gasteiger partial charge is 0.357 e. The van der Waals surface area contributed by atoms with Crippen LogP contribution in [-0.4, -0.2) is 82.1 Å². The lowest BCUT2D eigenvalue weighted by molar-refractivity contribution is -0.148. The Bertz CT molecular complexity index is 1170. The minimum absolute atomic E-state index is 0.0233. The molecule has 1 aromatic carbocycles. The van der Waals surface area contributed by atoms with Gasteiger partial charge in [-0.25, -0.2) is 19.4 Å². The first-order valence-corrected chi connectivity index (χ1v) is 10.5. The van der Waals surface area contributed by atoms with E-state index in [1.165, 1.54) is 40.3 Å². The lowest BCUT2D eigenvalue weighted by atomic mass is 9.69. The summed E-state index contributed by atoms with van der Waals surface area (Å²) in [6, 6.07) is 3.52. The van der Waals surface area contributed by atoms with Crippen LogP contribution >= 0.6 is 0 Å². The number of benzene rings is 1. The zero-order valence-electron chi connectivity index (χ0n) is 19.7. The standard InChI is InChI=1S/C23H25N3O8/c1-11(27)26-15(19(28)32-4)10-23-13-9-12(31-3)7-8-14(13)25(2)18(23)16(20(29)33-5)17(21(30)34-6)24-22(23)26/h7-9,15,18H,10H2,1-6H3/t15-,18-,23-/m0/s1. The second-order valence-corrected chi connectivity index (χ2v) is 8.18. The fourth-order valence-corrected chi connectivity index (χ4v) is 5.39. The molecule has 11 nitrogen and oxygen atoms in total. The molecule has 3 atom stereocenters. The van der Waals surface area contributed by atoms with Crippen LogP contribution in [0.5, 0.6) is 5.75 Å². The molecule has 1 aromatic rings. The summed E-state index contributed by atoms with van der Waals surface area (Å²) < 4.78 is 20.4. The van der Waals surface area contributed by atoms with Crippen LogP contribution in [0.3, 0.4) is 0 Å². The van der Waals surface area contributed by atoms with Crippen molar-refractivity contribution in [3.63, 3.8) is 0 Å². The molecule has 180 valence electrons. The number of likely N-dealkylation sites (tertiary alicyclic amines) is 1. The monoisotopic (exact) mass is 471 g/mol. The number of anilines is 1. The number of nitrogens with zero attached hydrogens (tertiary/aromatic N) is 3. The number of hydrogen-bond acceptors (Lipinski definition) is 10. The second kappa shape index (κ2) is 8.15. The molecule has 0 unspecified atom stereocenters. The van der Waals surface area contributed by atoms with Gasteiger partial charge in [0.1, 0.15) is 17.6 Å². The van der Waals surface area contributed by atoms with Crippen LogP contribution in [0.2, 0.25) is 0 Å². The van der Waals surface area contributed by atoms with Crippen LogP contribution in [0, 0.1) is 0 Å². The number of amidine groups is 1. The van der Waals surface area contributed by atoms with Gasteiger partial charge in [-0.3, -0.25) is 9.69 Å². The van der Waals surface area contributed by atoms with E-state index >= 15 is 0 Å². The zero-order chi connectivity index (χ0) is 24.9. The molecule has 1 amide bonds. The number of aliphatic imine (C=N–C) groups is 1. The Labute approximate surface area is 195 Å². The lowest BCUT2D eigenvalue weighted by Crippen LogP contribution is -2.54. The average Bonchev–Trinajstić information content (AvgIpc) is 3.32. The first-order valence-electron chi connectivity index (χ1n) is 10.5. The summed E-state index contributed by atoms with van der Waals surface area (Å²) in [6.45, 7) is 1.30. The molecule has 3 heterocycles. The summed E-state index contributed by atoms with van der Waals surface area (Å²) in [5, 5.41) is 0. The van der Waals surface area contributed by atoms with Gasteiger partial charge in [0.05, 0.1) is 45.5 Å². The number of fused-ring (bicyclic) bond motifs is 1. The normalized spacial score (nSPS) is 24.6. The Morgan fingerprint density at radius 3 is 2.26 bits per heavy atom. The molecule has 0 radical (unpaired) electrons. The van der Waals surface area contributed by atoms with E-state index < -0.39 is 41.3 Å². The van der Waals surface area contributed by atoms with Gasteiger partial charge in [0.15, 0.2) is 5.70 Å². The van der Waals surface area contributed by atoms with E-state index in [-0.39, 0.29) is 23.5 Å². The molecule has 3 aliphatic rings. The van der Waals surface area contributed by atoms with Crippen molar-refractivity contribution in [1.29, 1.82) is 0 Å². The highest BCUT2D eigenvalue weighted by Gasteiger charge is 2.67. The van der Waals surface area contributed by atoms with Crippen molar-refractivity contribution in [1.82, 2.24) is 4.90 Å². The molecule has 1 fully saturated rings. The van der Waals surface area contributed by atoms with Crippen LogP contribution in [-0.2, 0) is 38.8 Å². The number of hydrogen-bond donors (Lipinski definition) is 0. The fourth-order valence-electron chi connectivity index (χ4n) is 5.39. The topological polar surface area (TPSA) is 124 Å². The third-order valence-electron chi connectivity index (χ3n) is 6.72. The van der Waals surface area contributed by atoms with Crippen molar-refractivity contribution in [2.45, 2.75) is 30.8 Å². The summed E-state index contributed by atoms with van der Waals surface area (Å²) in [7, 11) is 6.88. The predicted octanol–water partition coefficient (Wildman–Crippen LogP) is 0.557. The predicted molar refractivity (Wildman–Crippen MR) is 118 cm³/mol. The molecular weight excluding hydrogens is 446 g/mol. The van der Waals surface area contributed by atoms with Gasteiger partial charge in [-0.1, -0.05) is 0 Å². The van der Waals surface area contributed by atoms with E-state index in [1.807, 2.05) is 11.0 Å². The number of esters is 3. The van der Waals surface area contributed by atoms with Crippen molar-refractivity contribution in [3.8, 4) is 5.75 Å². The number of likely N-dealkylation sites (N-methyl/N-ethyl adjacent to an activating group) is 1. The molecule has 4 rings (SSSR count). The van der Waals surface area contributed by atoms with E-state index in [0.717, 1.165) is 5.69 Å². The summed E-state index contributed by atoms with van der Waals surface area (Å²) in [4.78, 5) is 59.0. The van der Waals surface area contributed by atoms with E-state index in [4.69, 9.17) is 18.9 Å². The highest BCUT2D eigenvalue weighted by molar-refractivity contribution is 6.17. The van der Waals surface area contributed by atoms with Gasteiger partial charge in [-0.05, 0) is 30.2 Å². The SMILES string of the molecule is COC(=O)C1=C(C(=O)OC)[C@@H]2N(C)c3ccc(OC)cc3[C@@]23C[C@@H](C(=O)OC)N(C(C)=O)C3=N1. The van der Waals surface area contributed by atoms with Crippen LogP contribution in [0.15, 0.2) is 34.5 Å². The Balaban J connectivity index is 2.11. The number of carbonyl (C=O) groups excluding carboxylic acids is 4. The number of methoxy groups -OCH3 is 4. The van der Waals surface area contributed by atoms with E-state index in [2.05, 4.69) is 4.99 Å². The van der Waals surface area contributed by atoms with Crippen molar-refractivity contribution >= 4 is 35.3 Å². The minimum Gasteiger partial charge on any atom is -0.497 e. The van der Waals surface area contributed by atoms with Gasteiger partial charge in [0.2, 0.25) is 5.91 Å². The molecule has 0 aliphatic carbocycles. The third kappa shape index (κ3) is 2.92. The third-order valence-corrected chi connectivity index (χ3v) is 6.72. The molecule has 1 saturated heterocycles. The molecule has 0 bridgehead atoms. The Hall–Kier alpha value is -3.89. The highest BCUT2D eigenvalue weighted by Crippen LogP contribution is 2.57. The first kappa shape index (κ1) is 23.3. The van der Waals surface area contributed by atoms with Crippen LogP contribution < -0.4 is 9.64 Å². The summed E-state index contributed by atoms with van der Waals surface area (Å²) >= 11 is 0. The molecule has 0 saturated carbocycles. The molecule has 1 spiro atoms. The largest absolute Gasteiger partial charge is 0.497 e. The van der Waals surface area contributed by atoms with Gasteiger partial charge in [0, 0.05) is 19.7 Å². The molecule has 0 aromatic heterocycles. The van der Waals surface area contributed by atoms with Crippen molar-refractivity contribution in [2.24, 2.45) is 4.99 Å². The van der Waals surface area contributed by atoms with Crippen molar-refractivity contribution < 1.29 is 38.1 Å². The van der Waals surface area contributed by atoms with Gasteiger partial charge in [0.25, 0.3) is 0 Å². The Morgan fingerprint density at radius 1 is 1.03 bits per heavy atom. The lowest BCUT2D eigenvalue weighted by Gasteiger charge is -2.39. The quantitative estimate of drug-likeness (QED) is 0.457. The van der Waals surface area contributed by atoms with E-state index in [9.17, 15) is 19.2 Å². The highest BCUT2D eigenvalue weighted by atomic mass is 16.5. The minimum atomic E-state index is -1.15. The molecule has 3 aliphatic heterocycles. The van der Waals surface area contributed by atoms with E-state index in [0.29, 0.717) is 11.3 Å². The van der Waals surface area contributed by atoms with Crippen molar-refractivity contribution in [3.05, 3.63) is 35.0 Å². The maximum Gasteiger partial charge on any atom is 0.357 e. The van der Waals surface area contributed by atoms with Crippen LogP contribution in [0.25, 0.3) is 0 Å². The summed E-state index contributed by atoms with van der Waals surface area (Å²) in [5.41, 5.74) is -0.0382. The Kier molecular flexibility index (Phi) is 5.58. The number of ether oxygens (including phenoxy) is 4. The maximum atomic E-state index is 13.1. The van der Waals surface area contributed by atoms with Crippen molar-refractivity contribution in [2.75, 3.05) is 40.4 Å². The number of amides is 1. The van der Waals surface area contributed by atoms with Crippen LogP contribution in [0.1, 0.15) is 18.9 Å². The molecule has 34 heavy (non-hydrogen) atoms. The first-order chi connectivity index (χ1) is 16.2. The Morgan fingerprint density at radius 2 is 1.71 bits per heavy atom. The van der Waals surface area contributed by atoms with Gasteiger partial charge in [-0.15, -0.1) is 0 Å². The fraction of sp³-hybridized carbons (Fsp3) is 0.435. The second-order valence-electron chi connectivity index (χ2n) is 8.18. The summed E-state index contributed by atoms with van der Waals surface area (Å²) in [6.07, 6.45) is 0.0716. The average molecular weight is 471 g/mol. The van der Waals surface area contributed by atoms with Crippen LogP contribution in [0.4, 0.5) is 5.69 Å².